The molecule has 1 heterocycles. The van der Waals surface area contributed by atoms with Crippen LogP contribution in [0.5, 0.6) is 0 Å². The minimum atomic E-state index is -5.73. The lowest BCUT2D eigenvalue weighted by atomic mass is 9.86. The fourth-order valence-electron chi connectivity index (χ4n) is 4.82. The molecule has 0 spiro atoms. The van der Waals surface area contributed by atoms with Crippen molar-refractivity contribution < 1.29 is 35.9 Å². The number of carbonyl (C=O) groups is 1. The van der Waals surface area contributed by atoms with Crippen LogP contribution in [-0.2, 0) is 11.3 Å². The van der Waals surface area contributed by atoms with Gasteiger partial charge in [0.1, 0.15) is 0 Å². The van der Waals surface area contributed by atoms with Crippen molar-refractivity contribution in [3.05, 3.63) is 34.3 Å². The molecule has 1 saturated carbocycles. The molecule has 1 aliphatic carbocycles. The number of carbonyl (C=O) groups excluding carboxylic acids is 1. The first-order valence-electron chi connectivity index (χ1n) is 11.3. The second-order valence-electron chi connectivity index (χ2n) is 9.51. The van der Waals surface area contributed by atoms with Gasteiger partial charge in [0.05, 0.1) is 0 Å². The number of benzene rings is 1. The van der Waals surface area contributed by atoms with E-state index in [-0.39, 0.29) is 13.1 Å². The van der Waals surface area contributed by atoms with Crippen molar-refractivity contribution in [2.75, 3.05) is 20.1 Å². The highest BCUT2D eigenvalue weighted by Gasteiger charge is 2.60. The van der Waals surface area contributed by atoms with Crippen molar-refractivity contribution in [2.24, 2.45) is 0 Å². The van der Waals surface area contributed by atoms with Crippen molar-refractivity contribution in [3.63, 3.8) is 0 Å². The molecule has 4 nitrogen and oxygen atoms in total. The van der Waals surface area contributed by atoms with Gasteiger partial charge in [-0.05, 0) is 68.8 Å². The summed E-state index contributed by atoms with van der Waals surface area (Å²) in [4.78, 5) is 15.1. The lowest BCUT2D eigenvalue weighted by Crippen LogP contribution is -2.54. The van der Waals surface area contributed by atoms with Gasteiger partial charge in [-0.3, -0.25) is 4.90 Å². The number of alkyl halides is 6. The van der Waals surface area contributed by atoms with Gasteiger partial charge >= 0.3 is 18.4 Å². The largest absolute Gasteiger partial charge is 0.434 e. The number of rotatable bonds is 5. The molecule has 1 aromatic rings. The third-order valence-electron chi connectivity index (χ3n) is 7.14. The predicted molar refractivity (Wildman–Crippen MR) is 116 cm³/mol. The molecule has 0 N–H and O–H groups in total. The topological polar surface area (TPSA) is 32.8 Å². The molecule has 1 amide bonds. The van der Waals surface area contributed by atoms with Gasteiger partial charge in [-0.2, -0.15) is 26.3 Å². The highest BCUT2D eigenvalue weighted by Crippen LogP contribution is 2.39. The van der Waals surface area contributed by atoms with Gasteiger partial charge < -0.3 is 9.64 Å². The van der Waals surface area contributed by atoms with Gasteiger partial charge in [0, 0.05) is 30.2 Å². The Balaban J connectivity index is 1.63. The zero-order valence-corrected chi connectivity index (χ0v) is 19.9. The summed E-state index contributed by atoms with van der Waals surface area (Å²) in [6.45, 7) is 2.60. The zero-order chi connectivity index (χ0) is 25.3. The molecule has 3 rings (SSSR count). The molecule has 1 aliphatic heterocycles. The predicted octanol–water partition coefficient (Wildman–Crippen LogP) is 6.91. The second kappa shape index (κ2) is 10.1. The Hall–Kier alpha value is -1.68. The second-order valence-corrected chi connectivity index (χ2v) is 9.95. The highest BCUT2D eigenvalue weighted by molar-refractivity contribution is 6.30. The summed E-state index contributed by atoms with van der Waals surface area (Å²) in [5.74, 6) is 0.460. The number of piperidine rings is 1. The minimum absolute atomic E-state index is 0.00178. The summed E-state index contributed by atoms with van der Waals surface area (Å²) in [6, 6.07) is 5.87. The molecule has 2 fully saturated rings. The molecule has 34 heavy (non-hydrogen) atoms. The van der Waals surface area contributed by atoms with E-state index in [0.717, 1.165) is 23.3 Å². The van der Waals surface area contributed by atoms with Crippen LogP contribution in [0.2, 0.25) is 5.02 Å². The Bertz CT molecular complexity index is 848. The lowest BCUT2D eigenvalue weighted by Gasteiger charge is -2.45. The Kier molecular flexibility index (Phi) is 8.02. The summed E-state index contributed by atoms with van der Waals surface area (Å²) < 4.78 is 80.1. The van der Waals surface area contributed by atoms with Crippen LogP contribution >= 0.6 is 11.6 Å². The van der Waals surface area contributed by atoms with Crippen LogP contribution in [0.4, 0.5) is 31.1 Å². The first-order valence-corrected chi connectivity index (χ1v) is 11.7. The first kappa shape index (κ1) is 26.9. The number of halogens is 7. The van der Waals surface area contributed by atoms with Crippen molar-refractivity contribution in [2.45, 2.75) is 81.9 Å². The van der Waals surface area contributed by atoms with Crippen LogP contribution < -0.4 is 0 Å². The molecule has 192 valence electrons. The Morgan fingerprint density at radius 3 is 2.24 bits per heavy atom. The van der Waals surface area contributed by atoms with E-state index in [1.807, 2.05) is 32.2 Å². The maximum atomic E-state index is 12.7. The fraction of sp³-hybridized carbons (Fsp3) is 0.696. The van der Waals surface area contributed by atoms with E-state index in [4.69, 9.17) is 11.6 Å². The van der Waals surface area contributed by atoms with Gasteiger partial charge in [0.25, 0.3) is 6.10 Å². The number of amides is 1. The Morgan fingerprint density at radius 1 is 1.15 bits per heavy atom. The van der Waals surface area contributed by atoms with Crippen LogP contribution in [0.3, 0.4) is 0 Å². The van der Waals surface area contributed by atoms with Gasteiger partial charge in [-0.1, -0.05) is 30.5 Å². The molecule has 11 heteroatoms. The highest BCUT2D eigenvalue weighted by atomic mass is 35.5. The number of hydrogen-bond donors (Lipinski definition) is 0. The standard InChI is InChI=1S/C23H29ClF6N2O2/c1-21(31(2)14-16-7-8-17(24)13-18(16)15-5-3-4-6-15)9-11-32(12-10-21)20(33)34-19(22(25,26)27)23(28,29)30/h7-8,13,15,19H,3-6,9-12,14H2,1-2H3. The summed E-state index contributed by atoms with van der Waals surface area (Å²) in [7, 11) is 1.93. The summed E-state index contributed by atoms with van der Waals surface area (Å²) in [6.07, 6.45) is -11.8. The normalized spacial score (nSPS) is 19.8. The summed E-state index contributed by atoms with van der Waals surface area (Å²) in [5, 5.41) is 0.683. The van der Waals surface area contributed by atoms with Gasteiger partial charge in [-0.25, -0.2) is 4.79 Å². The Morgan fingerprint density at radius 2 is 1.71 bits per heavy atom. The van der Waals surface area contributed by atoms with Crippen LogP contribution in [0.1, 0.15) is 62.5 Å². The van der Waals surface area contributed by atoms with Crippen LogP contribution in [0, 0.1) is 0 Å². The minimum Gasteiger partial charge on any atom is -0.426 e. The lowest BCUT2D eigenvalue weighted by molar-refractivity contribution is -0.308. The number of hydrogen-bond acceptors (Lipinski definition) is 3. The third-order valence-corrected chi connectivity index (χ3v) is 7.38. The van der Waals surface area contributed by atoms with Crippen molar-refractivity contribution in [3.8, 4) is 0 Å². The number of nitrogens with zero attached hydrogens (tertiary/aromatic N) is 2. The Labute approximate surface area is 200 Å². The van der Waals surface area contributed by atoms with E-state index >= 15 is 0 Å². The van der Waals surface area contributed by atoms with Crippen molar-refractivity contribution in [1.29, 1.82) is 0 Å². The molecule has 0 atom stereocenters. The van der Waals surface area contributed by atoms with Crippen LogP contribution in [-0.4, -0.2) is 60.0 Å². The number of likely N-dealkylation sites (tertiary alicyclic amines) is 1. The average molecular weight is 515 g/mol. The SMILES string of the molecule is CN(Cc1ccc(Cl)cc1C1CCCC1)C1(C)CCN(C(=O)OC(C(F)(F)F)C(F)(F)F)CC1. The molecule has 2 aliphatic rings. The maximum absolute atomic E-state index is 12.7. The third kappa shape index (κ3) is 6.30. The average Bonchev–Trinajstić information content (AvgIpc) is 3.26. The molecular formula is C23H29ClF6N2O2. The monoisotopic (exact) mass is 514 g/mol. The molecule has 0 aromatic heterocycles. The summed E-state index contributed by atoms with van der Waals surface area (Å²) >= 11 is 6.24. The summed E-state index contributed by atoms with van der Waals surface area (Å²) in [5.41, 5.74) is 1.99. The van der Waals surface area contributed by atoms with Gasteiger partial charge in [0.15, 0.2) is 0 Å². The molecule has 0 bridgehead atoms. The molecule has 0 unspecified atom stereocenters. The first-order chi connectivity index (χ1) is 15.7. The van der Waals surface area contributed by atoms with E-state index in [0.29, 0.717) is 30.3 Å². The van der Waals surface area contributed by atoms with Crippen LogP contribution in [0.15, 0.2) is 18.2 Å². The van der Waals surface area contributed by atoms with Crippen molar-refractivity contribution >= 4 is 17.7 Å². The van der Waals surface area contributed by atoms with Crippen LogP contribution in [0.25, 0.3) is 0 Å². The molecule has 0 radical (unpaired) electrons. The molecule has 1 saturated heterocycles. The molecular weight excluding hydrogens is 486 g/mol. The van der Waals surface area contributed by atoms with Crippen molar-refractivity contribution in [1.82, 2.24) is 9.80 Å². The number of ether oxygens (including phenoxy) is 1. The van der Waals surface area contributed by atoms with E-state index in [1.54, 1.807) is 0 Å². The van der Waals surface area contributed by atoms with Gasteiger partial charge in [0.2, 0.25) is 0 Å². The fourth-order valence-corrected chi connectivity index (χ4v) is 5.00. The van der Waals surface area contributed by atoms with E-state index in [9.17, 15) is 31.1 Å². The molecule has 1 aromatic carbocycles. The van der Waals surface area contributed by atoms with Gasteiger partial charge in [-0.15, -0.1) is 0 Å². The van der Waals surface area contributed by atoms with E-state index in [2.05, 4.69) is 9.64 Å². The van der Waals surface area contributed by atoms with E-state index in [1.165, 1.54) is 18.4 Å². The van der Waals surface area contributed by atoms with E-state index < -0.39 is 30.1 Å². The maximum Gasteiger partial charge on any atom is 0.434 e. The zero-order valence-electron chi connectivity index (χ0n) is 19.1. The smallest absolute Gasteiger partial charge is 0.426 e. The quantitative estimate of drug-likeness (QED) is 0.400.